The predicted molar refractivity (Wildman–Crippen MR) is 116 cm³/mol. The number of benzene rings is 3. The molecule has 0 fully saturated rings. The molecule has 3 aromatic carbocycles. The van der Waals surface area contributed by atoms with Crippen molar-refractivity contribution in [1.29, 1.82) is 0 Å². The van der Waals surface area contributed by atoms with Crippen molar-refractivity contribution in [3.8, 4) is 0 Å². The molecule has 0 spiro atoms. The lowest BCUT2D eigenvalue weighted by molar-refractivity contribution is 0.800. The maximum atomic E-state index is 5.85. The molecule has 3 rings (SSSR count). The van der Waals surface area contributed by atoms with Gasteiger partial charge in [0.1, 0.15) is 0 Å². The van der Waals surface area contributed by atoms with Crippen LogP contribution in [0.15, 0.2) is 58.6 Å². The summed E-state index contributed by atoms with van der Waals surface area (Å²) in [5, 5.41) is 9.18. The lowest BCUT2D eigenvalue weighted by Gasteiger charge is -2.11. The fourth-order valence-corrected chi connectivity index (χ4v) is 3.08. The van der Waals surface area contributed by atoms with Crippen LogP contribution < -0.4 is 11.2 Å². The molecule has 3 aromatic rings. The molecule has 3 N–H and O–H groups in total. The molecule has 0 aromatic heterocycles. The third-order valence-corrected chi connectivity index (χ3v) is 4.41. The largest absolute Gasteiger partial charge is 0.369 e. The summed E-state index contributed by atoms with van der Waals surface area (Å²) in [7, 11) is 0. The molecule has 136 valence electrons. The number of halogens is 1. The van der Waals surface area contributed by atoms with Gasteiger partial charge < -0.3 is 5.73 Å². The second kappa shape index (κ2) is 9.20. The summed E-state index contributed by atoms with van der Waals surface area (Å²) in [5.74, 6) is 0.352. The molecule has 0 bridgehead atoms. The zero-order valence-electron chi connectivity index (χ0n) is 15.2. The lowest BCUT2D eigenvalue weighted by Crippen LogP contribution is -2.27. The van der Waals surface area contributed by atoms with E-state index in [2.05, 4.69) is 77.9 Å². The van der Waals surface area contributed by atoms with E-state index in [4.69, 9.17) is 5.73 Å². The van der Waals surface area contributed by atoms with Crippen LogP contribution in [-0.2, 0) is 0 Å². The summed E-state index contributed by atoms with van der Waals surface area (Å²) in [6, 6.07) is 16.8. The number of aryl methyl sites for hydroxylation is 1. The number of hydrogen-bond acceptors (Lipinski definition) is 2. The van der Waals surface area contributed by atoms with Gasteiger partial charge >= 0.3 is 0 Å². The first-order valence-electron chi connectivity index (χ1n) is 8.71. The summed E-state index contributed by atoms with van der Waals surface area (Å²) < 4.78 is 0. The minimum Gasteiger partial charge on any atom is -0.369 e. The number of hydrazone groups is 1. The highest BCUT2D eigenvalue weighted by molar-refractivity contribution is 6.15. The Morgan fingerprint density at radius 3 is 2.08 bits per heavy atom. The molecule has 0 saturated carbocycles. The van der Waals surface area contributed by atoms with Gasteiger partial charge in [-0.1, -0.05) is 61.9 Å². The number of nitrogens with one attached hydrogen (secondary N) is 1. The Balaban J connectivity index is 0.00000243. The Morgan fingerprint density at radius 2 is 1.54 bits per heavy atom. The first-order chi connectivity index (χ1) is 12.2. The van der Waals surface area contributed by atoms with Gasteiger partial charge in [-0.05, 0) is 40.5 Å². The SMILES string of the molecule is CCCCN=C(N)NN=Cc1c2ccccc2c(C)c2ccccc12.Cl. The summed E-state index contributed by atoms with van der Waals surface area (Å²) in [6.07, 6.45) is 3.97. The zero-order valence-corrected chi connectivity index (χ0v) is 16.0. The van der Waals surface area contributed by atoms with Crippen LogP contribution in [0.4, 0.5) is 0 Å². The number of unbranched alkanes of at least 4 members (excludes halogenated alkanes) is 1. The van der Waals surface area contributed by atoms with E-state index in [-0.39, 0.29) is 12.4 Å². The quantitative estimate of drug-likeness (QED) is 0.224. The topological polar surface area (TPSA) is 62.8 Å². The average molecular weight is 369 g/mol. The molecule has 0 saturated heterocycles. The number of aliphatic imine (C=N–C) groups is 1. The number of fused-ring (bicyclic) bond motifs is 2. The first kappa shape index (κ1) is 19.7. The fraction of sp³-hybridized carbons (Fsp3) is 0.238. The Labute approximate surface area is 160 Å². The van der Waals surface area contributed by atoms with Gasteiger partial charge in [-0.15, -0.1) is 12.4 Å². The molecule has 0 aliphatic carbocycles. The maximum absolute atomic E-state index is 5.85. The standard InChI is InChI=1S/C21H24N4.ClH/c1-3-4-13-23-21(22)25-24-14-20-18-11-7-5-9-16(18)15(2)17-10-6-8-12-19(17)20;/h5-12,14H,3-4,13H2,1-2H3,(H3,22,23,25);1H. The van der Waals surface area contributed by atoms with Crippen molar-refractivity contribution in [1.82, 2.24) is 5.43 Å². The van der Waals surface area contributed by atoms with E-state index < -0.39 is 0 Å². The lowest BCUT2D eigenvalue weighted by atomic mass is 9.93. The smallest absolute Gasteiger partial charge is 0.209 e. The van der Waals surface area contributed by atoms with Gasteiger partial charge in [0.2, 0.25) is 5.96 Å². The molecule has 0 aliphatic rings. The van der Waals surface area contributed by atoms with Crippen molar-refractivity contribution in [2.24, 2.45) is 15.8 Å². The number of hydrogen-bond donors (Lipinski definition) is 2. The Bertz CT molecular complexity index is 890. The zero-order chi connectivity index (χ0) is 17.6. The molecule has 0 amide bonds. The summed E-state index contributed by atoms with van der Waals surface area (Å²) >= 11 is 0. The van der Waals surface area contributed by atoms with Crippen LogP contribution in [0.2, 0.25) is 0 Å². The van der Waals surface area contributed by atoms with Gasteiger partial charge in [0, 0.05) is 12.1 Å². The van der Waals surface area contributed by atoms with E-state index >= 15 is 0 Å². The molecule has 0 aliphatic heterocycles. The van der Waals surface area contributed by atoms with Crippen molar-refractivity contribution in [3.63, 3.8) is 0 Å². The van der Waals surface area contributed by atoms with Crippen molar-refractivity contribution < 1.29 is 0 Å². The van der Waals surface area contributed by atoms with Gasteiger partial charge in [-0.3, -0.25) is 4.99 Å². The van der Waals surface area contributed by atoms with Gasteiger partial charge in [-0.25, -0.2) is 5.43 Å². The molecule has 0 unspecified atom stereocenters. The number of nitrogens with two attached hydrogens (primary N) is 1. The third kappa shape index (κ3) is 4.14. The second-order valence-corrected chi connectivity index (χ2v) is 6.12. The monoisotopic (exact) mass is 368 g/mol. The number of nitrogens with zero attached hydrogens (tertiary/aromatic N) is 2. The highest BCUT2D eigenvalue weighted by atomic mass is 35.5. The van der Waals surface area contributed by atoms with Crippen LogP contribution in [0.5, 0.6) is 0 Å². The van der Waals surface area contributed by atoms with Crippen LogP contribution in [0, 0.1) is 6.92 Å². The van der Waals surface area contributed by atoms with Gasteiger partial charge in [0.05, 0.1) is 6.21 Å². The van der Waals surface area contributed by atoms with E-state index in [0.29, 0.717) is 5.96 Å². The van der Waals surface area contributed by atoms with E-state index in [9.17, 15) is 0 Å². The molecule has 0 radical (unpaired) electrons. The van der Waals surface area contributed by atoms with E-state index in [0.717, 1.165) is 24.9 Å². The summed E-state index contributed by atoms with van der Waals surface area (Å²) in [5.41, 5.74) is 11.1. The summed E-state index contributed by atoms with van der Waals surface area (Å²) in [6.45, 7) is 5.02. The van der Waals surface area contributed by atoms with Crippen LogP contribution in [0.3, 0.4) is 0 Å². The first-order valence-corrected chi connectivity index (χ1v) is 8.71. The third-order valence-electron chi connectivity index (χ3n) is 4.41. The molecule has 4 nitrogen and oxygen atoms in total. The second-order valence-electron chi connectivity index (χ2n) is 6.12. The van der Waals surface area contributed by atoms with Crippen molar-refractivity contribution in [3.05, 3.63) is 59.7 Å². The highest BCUT2D eigenvalue weighted by Gasteiger charge is 2.09. The van der Waals surface area contributed by atoms with Gasteiger partial charge in [0.25, 0.3) is 0 Å². The van der Waals surface area contributed by atoms with E-state index in [1.807, 2.05) is 6.21 Å². The minimum atomic E-state index is 0. The van der Waals surface area contributed by atoms with Crippen molar-refractivity contribution in [2.75, 3.05) is 6.54 Å². The predicted octanol–water partition coefficient (Wildman–Crippen LogP) is 4.76. The van der Waals surface area contributed by atoms with E-state index in [1.165, 1.54) is 27.1 Å². The molecule has 5 heteroatoms. The Kier molecular flexibility index (Phi) is 6.98. The fourth-order valence-electron chi connectivity index (χ4n) is 3.08. The summed E-state index contributed by atoms with van der Waals surface area (Å²) in [4.78, 5) is 4.25. The van der Waals surface area contributed by atoms with Crippen LogP contribution in [-0.4, -0.2) is 18.7 Å². The molecule has 0 atom stereocenters. The average Bonchev–Trinajstić information content (AvgIpc) is 2.65. The number of rotatable bonds is 5. The Hall–Kier alpha value is -2.59. The molecule has 0 heterocycles. The maximum Gasteiger partial charge on any atom is 0.209 e. The van der Waals surface area contributed by atoms with Crippen LogP contribution in [0.25, 0.3) is 21.5 Å². The Morgan fingerprint density at radius 1 is 1.00 bits per heavy atom. The van der Waals surface area contributed by atoms with E-state index in [1.54, 1.807) is 0 Å². The number of guanidine groups is 1. The van der Waals surface area contributed by atoms with Crippen LogP contribution >= 0.6 is 12.4 Å². The minimum absolute atomic E-state index is 0. The van der Waals surface area contributed by atoms with Gasteiger partial charge in [0.15, 0.2) is 0 Å². The van der Waals surface area contributed by atoms with Crippen molar-refractivity contribution >= 4 is 46.1 Å². The molecular formula is C21H25ClN4. The van der Waals surface area contributed by atoms with Gasteiger partial charge in [-0.2, -0.15) is 5.10 Å². The van der Waals surface area contributed by atoms with Crippen molar-refractivity contribution in [2.45, 2.75) is 26.7 Å². The van der Waals surface area contributed by atoms with Crippen LogP contribution in [0.1, 0.15) is 30.9 Å². The normalized spacial score (nSPS) is 11.8. The molecule has 26 heavy (non-hydrogen) atoms. The molecular weight excluding hydrogens is 344 g/mol. The highest BCUT2D eigenvalue weighted by Crippen LogP contribution is 2.31.